The number of nitrogens with one attached hydrogen (secondary N) is 1. The van der Waals surface area contributed by atoms with Crippen molar-refractivity contribution in [1.82, 2.24) is 4.98 Å². The SMILES string of the molecule is Cc1ccc2oc(-c3cccc(NC(=O)c4cccc(I)c4)c3C)nc2c1. The van der Waals surface area contributed by atoms with Gasteiger partial charge in [0.1, 0.15) is 5.52 Å². The predicted molar refractivity (Wildman–Crippen MR) is 116 cm³/mol. The Bertz CT molecular complexity index is 1160. The van der Waals surface area contributed by atoms with E-state index in [-0.39, 0.29) is 5.91 Å². The summed E-state index contributed by atoms with van der Waals surface area (Å²) < 4.78 is 6.95. The van der Waals surface area contributed by atoms with Crippen molar-refractivity contribution in [2.75, 3.05) is 5.32 Å². The monoisotopic (exact) mass is 468 g/mol. The number of aromatic nitrogens is 1. The molecule has 0 bridgehead atoms. The van der Waals surface area contributed by atoms with Crippen LogP contribution >= 0.6 is 22.6 Å². The molecular weight excluding hydrogens is 451 g/mol. The third-order valence-corrected chi connectivity index (χ3v) is 5.11. The van der Waals surface area contributed by atoms with Crippen LogP contribution in [0.5, 0.6) is 0 Å². The maximum atomic E-state index is 12.6. The average Bonchev–Trinajstić information content (AvgIpc) is 3.06. The zero-order valence-corrected chi connectivity index (χ0v) is 17.1. The van der Waals surface area contributed by atoms with E-state index in [2.05, 4.69) is 32.9 Å². The minimum absolute atomic E-state index is 0.137. The number of rotatable bonds is 3. The molecule has 1 amide bonds. The fraction of sp³-hybridized carbons (Fsp3) is 0.0909. The quantitative estimate of drug-likeness (QED) is 0.377. The minimum Gasteiger partial charge on any atom is -0.436 e. The summed E-state index contributed by atoms with van der Waals surface area (Å²) in [4.78, 5) is 17.2. The highest BCUT2D eigenvalue weighted by Crippen LogP contribution is 2.31. The number of hydrogen-bond donors (Lipinski definition) is 1. The molecule has 27 heavy (non-hydrogen) atoms. The fourth-order valence-electron chi connectivity index (χ4n) is 2.98. The summed E-state index contributed by atoms with van der Waals surface area (Å²) in [6.45, 7) is 3.99. The van der Waals surface area contributed by atoms with E-state index in [1.807, 2.05) is 68.4 Å². The summed E-state index contributed by atoms with van der Waals surface area (Å²) in [5.41, 5.74) is 5.88. The number of carbonyl (C=O) groups is 1. The first-order chi connectivity index (χ1) is 13.0. The lowest BCUT2D eigenvalue weighted by Crippen LogP contribution is -2.13. The number of amides is 1. The maximum absolute atomic E-state index is 12.6. The molecule has 0 unspecified atom stereocenters. The molecule has 1 aromatic heterocycles. The lowest BCUT2D eigenvalue weighted by molar-refractivity contribution is 0.102. The van der Waals surface area contributed by atoms with Crippen molar-refractivity contribution in [2.24, 2.45) is 0 Å². The molecule has 0 radical (unpaired) electrons. The largest absolute Gasteiger partial charge is 0.436 e. The molecule has 0 saturated carbocycles. The Labute approximate surface area is 170 Å². The average molecular weight is 468 g/mol. The third-order valence-electron chi connectivity index (χ3n) is 4.44. The molecule has 1 N–H and O–H groups in total. The molecule has 0 aliphatic rings. The Hall–Kier alpha value is -2.67. The number of aryl methyl sites for hydroxylation is 1. The summed E-state index contributed by atoms with van der Waals surface area (Å²) in [7, 11) is 0. The zero-order chi connectivity index (χ0) is 19.0. The Morgan fingerprint density at radius 2 is 1.85 bits per heavy atom. The topological polar surface area (TPSA) is 55.1 Å². The smallest absolute Gasteiger partial charge is 0.255 e. The van der Waals surface area contributed by atoms with Crippen molar-refractivity contribution in [3.63, 3.8) is 0 Å². The Kier molecular flexibility index (Phi) is 4.70. The van der Waals surface area contributed by atoms with Crippen LogP contribution in [0.3, 0.4) is 0 Å². The Morgan fingerprint density at radius 1 is 1.04 bits per heavy atom. The molecule has 4 rings (SSSR count). The highest BCUT2D eigenvalue weighted by atomic mass is 127. The van der Waals surface area contributed by atoms with Gasteiger partial charge in [-0.05, 0) is 90.0 Å². The number of nitrogens with zero attached hydrogens (tertiary/aromatic N) is 1. The Balaban J connectivity index is 1.69. The van der Waals surface area contributed by atoms with Gasteiger partial charge in [0.05, 0.1) is 0 Å². The molecule has 0 aliphatic heterocycles. The lowest BCUT2D eigenvalue weighted by atomic mass is 10.1. The van der Waals surface area contributed by atoms with E-state index in [0.29, 0.717) is 11.5 Å². The second-order valence-corrected chi connectivity index (χ2v) is 7.68. The van der Waals surface area contributed by atoms with Gasteiger partial charge >= 0.3 is 0 Å². The number of hydrogen-bond acceptors (Lipinski definition) is 3. The molecule has 5 heteroatoms. The standard InChI is InChI=1S/C22H17IN2O2/c1-13-9-10-20-19(11-13)25-22(27-20)17-7-4-8-18(14(17)2)24-21(26)15-5-3-6-16(23)12-15/h3-12H,1-2H3,(H,24,26). The molecule has 0 saturated heterocycles. The predicted octanol–water partition coefficient (Wildman–Crippen LogP) is 5.97. The van der Waals surface area contributed by atoms with Gasteiger partial charge < -0.3 is 9.73 Å². The molecule has 4 aromatic rings. The van der Waals surface area contributed by atoms with Gasteiger partial charge in [-0.2, -0.15) is 0 Å². The molecule has 4 nitrogen and oxygen atoms in total. The number of anilines is 1. The van der Waals surface area contributed by atoms with Crippen LogP contribution in [-0.4, -0.2) is 10.9 Å². The van der Waals surface area contributed by atoms with Crippen molar-refractivity contribution in [3.8, 4) is 11.5 Å². The van der Waals surface area contributed by atoms with E-state index in [0.717, 1.165) is 37.0 Å². The van der Waals surface area contributed by atoms with Gasteiger partial charge in [0, 0.05) is 20.4 Å². The van der Waals surface area contributed by atoms with Crippen molar-refractivity contribution in [2.45, 2.75) is 13.8 Å². The van der Waals surface area contributed by atoms with Crippen LogP contribution in [0.4, 0.5) is 5.69 Å². The van der Waals surface area contributed by atoms with Gasteiger partial charge in [-0.1, -0.05) is 18.2 Å². The van der Waals surface area contributed by atoms with Crippen molar-refractivity contribution < 1.29 is 9.21 Å². The molecule has 1 heterocycles. The highest BCUT2D eigenvalue weighted by molar-refractivity contribution is 14.1. The highest BCUT2D eigenvalue weighted by Gasteiger charge is 2.15. The maximum Gasteiger partial charge on any atom is 0.255 e. The first-order valence-electron chi connectivity index (χ1n) is 8.55. The van der Waals surface area contributed by atoms with Gasteiger partial charge in [-0.25, -0.2) is 4.98 Å². The number of carbonyl (C=O) groups excluding carboxylic acids is 1. The lowest BCUT2D eigenvalue weighted by Gasteiger charge is -2.11. The summed E-state index contributed by atoms with van der Waals surface area (Å²) in [5.74, 6) is 0.417. The van der Waals surface area contributed by atoms with Gasteiger partial charge in [-0.15, -0.1) is 0 Å². The van der Waals surface area contributed by atoms with Gasteiger partial charge in [0.15, 0.2) is 5.58 Å². The van der Waals surface area contributed by atoms with Crippen LogP contribution in [0.2, 0.25) is 0 Å². The summed E-state index contributed by atoms with van der Waals surface area (Å²) in [6.07, 6.45) is 0. The van der Waals surface area contributed by atoms with E-state index in [1.165, 1.54) is 0 Å². The number of benzene rings is 3. The first-order valence-corrected chi connectivity index (χ1v) is 9.63. The van der Waals surface area contributed by atoms with Crippen LogP contribution in [0.15, 0.2) is 65.1 Å². The van der Waals surface area contributed by atoms with Crippen molar-refractivity contribution in [1.29, 1.82) is 0 Å². The molecule has 3 aromatic carbocycles. The Morgan fingerprint density at radius 3 is 2.67 bits per heavy atom. The van der Waals surface area contributed by atoms with Crippen LogP contribution in [0.1, 0.15) is 21.5 Å². The van der Waals surface area contributed by atoms with Crippen LogP contribution in [0.25, 0.3) is 22.6 Å². The van der Waals surface area contributed by atoms with Crippen molar-refractivity contribution in [3.05, 3.63) is 80.9 Å². The van der Waals surface area contributed by atoms with E-state index in [4.69, 9.17) is 4.42 Å². The molecule has 0 fully saturated rings. The van der Waals surface area contributed by atoms with E-state index < -0.39 is 0 Å². The molecule has 0 aliphatic carbocycles. The number of fused-ring (bicyclic) bond motifs is 1. The molecule has 0 spiro atoms. The zero-order valence-electron chi connectivity index (χ0n) is 14.9. The fourth-order valence-corrected chi connectivity index (χ4v) is 3.52. The first kappa shape index (κ1) is 17.7. The minimum atomic E-state index is -0.137. The molecule has 0 atom stereocenters. The summed E-state index contributed by atoms with van der Waals surface area (Å²) in [5, 5.41) is 3.00. The van der Waals surface area contributed by atoms with Crippen LogP contribution in [0, 0.1) is 17.4 Å². The number of oxazole rings is 1. The second kappa shape index (κ2) is 7.15. The van der Waals surface area contributed by atoms with Crippen molar-refractivity contribution >= 4 is 45.3 Å². The summed E-state index contributed by atoms with van der Waals surface area (Å²) in [6, 6.07) is 19.2. The third kappa shape index (κ3) is 3.60. The second-order valence-electron chi connectivity index (χ2n) is 6.43. The van der Waals surface area contributed by atoms with Gasteiger partial charge in [0.2, 0.25) is 5.89 Å². The van der Waals surface area contributed by atoms with Crippen LogP contribution in [-0.2, 0) is 0 Å². The van der Waals surface area contributed by atoms with E-state index >= 15 is 0 Å². The molecule has 134 valence electrons. The van der Waals surface area contributed by atoms with E-state index in [1.54, 1.807) is 6.07 Å². The number of halogens is 1. The van der Waals surface area contributed by atoms with Crippen LogP contribution < -0.4 is 5.32 Å². The summed E-state index contributed by atoms with van der Waals surface area (Å²) >= 11 is 2.20. The van der Waals surface area contributed by atoms with Gasteiger partial charge in [-0.3, -0.25) is 4.79 Å². The molecular formula is C22H17IN2O2. The van der Waals surface area contributed by atoms with E-state index in [9.17, 15) is 4.79 Å². The normalized spacial score (nSPS) is 10.9. The van der Waals surface area contributed by atoms with Gasteiger partial charge in [0.25, 0.3) is 5.91 Å².